The molecule has 1 aliphatic carbocycles. The van der Waals surface area contributed by atoms with E-state index in [1.165, 1.54) is 11.3 Å². The molecule has 4 atom stereocenters. The molecule has 0 bridgehead atoms. The number of thiazole rings is 1. The summed E-state index contributed by atoms with van der Waals surface area (Å²) in [6, 6.07) is 7.15. The molecule has 2 aromatic heterocycles. The molecule has 0 aliphatic heterocycles. The van der Waals surface area contributed by atoms with Crippen molar-refractivity contribution in [3.05, 3.63) is 30.0 Å². The normalized spacial score (nSPS) is 23.2. The second-order valence-electron chi connectivity index (χ2n) is 7.50. The number of aryl methyl sites for hydroxylation is 1. The number of aromatic nitrogens is 3. The van der Waals surface area contributed by atoms with Gasteiger partial charge in [0.2, 0.25) is 5.95 Å². The number of fused-ring (bicyclic) bond motifs is 1. The van der Waals surface area contributed by atoms with Crippen LogP contribution in [0.3, 0.4) is 0 Å². The van der Waals surface area contributed by atoms with Crippen molar-refractivity contribution in [3.63, 3.8) is 0 Å². The number of hydrogen-bond acceptors (Lipinski definition) is 10. The number of aliphatic hydroxyl groups is 3. The molecule has 10 nitrogen and oxygen atoms in total. The first-order valence-corrected chi connectivity index (χ1v) is 10.6. The highest BCUT2D eigenvalue weighted by molar-refractivity contribution is 7.21. The molecule has 3 aromatic rings. The van der Waals surface area contributed by atoms with Crippen molar-refractivity contribution in [1.82, 2.24) is 15.0 Å². The van der Waals surface area contributed by atoms with Crippen molar-refractivity contribution >= 4 is 39.3 Å². The quantitative estimate of drug-likeness (QED) is 0.310. The average molecular weight is 446 g/mol. The Labute approximate surface area is 181 Å². The summed E-state index contributed by atoms with van der Waals surface area (Å²) in [5.41, 5.74) is 2.05. The predicted octanol–water partition coefficient (Wildman–Crippen LogP) is 1.07. The van der Waals surface area contributed by atoms with E-state index in [1.807, 2.05) is 24.3 Å². The molecule has 0 amide bonds. The molecular weight excluding hydrogens is 422 g/mol. The van der Waals surface area contributed by atoms with E-state index in [4.69, 9.17) is 5.11 Å². The van der Waals surface area contributed by atoms with Gasteiger partial charge >= 0.3 is 5.97 Å². The van der Waals surface area contributed by atoms with Gasteiger partial charge in [0.25, 0.3) is 0 Å². The van der Waals surface area contributed by atoms with Gasteiger partial charge in [-0.2, -0.15) is 4.98 Å². The van der Waals surface area contributed by atoms with E-state index in [9.17, 15) is 20.1 Å². The van der Waals surface area contributed by atoms with Crippen LogP contribution in [0.4, 0.5) is 11.8 Å². The van der Waals surface area contributed by atoms with Crippen molar-refractivity contribution < 1.29 is 25.2 Å². The second kappa shape index (κ2) is 8.71. The molecule has 1 saturated carbocycles. The number of carboxylic acids is 1. The molecule has 0 saturated heterocycles. The minimum Gasteiger partial charge on any atom is -0.480 e. The van der Waals surface area contributed by atoms with Crippen LogP contribution < -0.4 is 10.6 Å². The Morgan fingerprint density at radius 2 is 1.97 bits per heavy atom. The summed E-state index contributed by atoms with van der Waals surface area (Å²) in [6.45, 7) is 1.18. The third-order valence-corrected chi connectivity index (χ3v) is 6.41. The minimum atomic E-state index is -1.09. The zero-order valence-electron chi connectivity index (χ0n) is 16.7. The highest BCUT2D eigenvalue weighted by Crippen LogP contribution is 2.38. The van der Waals surface area contributed by atoms with Gasteiger partial charge in [-0.3, -0.25) is 4.79 Å². The number of hydrogen-bond donors (Lipinski definition) is 6. The first-order valence-electron chi connectivity index (χ1n) is 9.81. The first kappa shape index (κ1) is 21.4. The summed E-state index contributed by atoms with van der Waals surface area (Å²) in [6.07, 6.45) is -1.80. The number of aliphatic carboxylic acids is 1. The van der Waals surface area contributed by atoms with Crippen LogP contribution in [-0.2, 0) is 4.79 Å². The number of aliphatic hydroxyl groups excluding tert-OH is 3. The zero-order chi connectivity index (χ0) is 22.1. The molecule has 6 N–H and O–H groups in total. The second-order valence-corrected chi connectivity index (χ2v) is 8.53. The smallest absolute Gasteiger partial charge is 0.322 e. The first-order chi connectivity index (χ1) is 14.9. The van der Waals surface area contributed by atoms with E-state index < -0.39 is 30.1 Å². The van der Waals surface area contributed by atoms with Crippen LogP contribution in [0, 0.1) is 12.8 Å². The zero-order valence-corrected chi connectivity index (χ0v) is 17.5. The molecule has 11 heteroatoms. The van der Waals surface area contributed by atoms with Crippen LogP contribution in [0.5, 0.6) is 0 Å². The molecule has 0 spiro atoms. The highest BCUT2D eigenvalue weighted by Gasteiger charge is 2.41. The monoisotopic (exact) mass is 445 g/mol. The number of para-hydroxylation sites is 1. The van der Waals surface area contributed by atoms with Crippen LogP contribution in [-0.4, -0.2) is 72.7 Å². The summed E-state index contributed by atoms with van der Waals surface area (Å²) in [5, 5.41) is 45.5. The van der Waals surface area contributed by atoms with Gasteiger partial charge in [-0.1, -0.05) is 12.1 Å². The minimum absolute atomic E-state index is 0.124. The summed E-state index contributed by atoms with van der Waals surface area (Å²) < 4.78 is 0.993. The number of benzene rings is 1. The van der Waals surface area contributed by atoms with Crippen molar-refractivity contribution in [1.29, 1.82) is 0 Å². The maximum absolute atomic E-state index is 10.9. The van der Waals surface area contributed by atoms with Crippen molar-refractivity contribution in [2.24, 2.45) is 5.92 Å². The Hall–Kier alpha value is -2.86. The van der Waals surface area contributed by atoms with Crippen molar-refractivity contribution in [3.8, 4) is 10.6 Å². The van der Waals surface area contributed by atoms with E-state index >= 15 is 0 Å². The van der Waals surface area contributed by atoms with Gasteiger partial charge in [-0.25, -0.2) is 9.97 Å². The number of rotatable bonds is 7. The average Bonchev–Trinajstić information content (AvgIpc) is 3.28. The summed E-state index contributed by atoms with van der Waals surface area (Å²) in [7, 11) is 0. The molecule has 0 radical (unpaired) electrons. The highest BCUT2D eigenvalue weighted by atomic mass is 32.1. The standard InChI is InChI=1S/C20H23N5O5S/c1-9-15(19-24-11-4-2-3-5-13(11)31-19)18(25-20(22-9)21-7-14(27)28)23-12-6-10(8-26)16(29)17(12)30/h2-5,10,12,16-17,26,29-30H,6-8H2,1H3,(H,27,28)(H2,21,22,23,25)/t10-,12-,16-,17+/m1/s1. The number of nitrogens with zero attached hydrogens (tertiary/aromatic N) is 3. The molecule has 31 heavy (non-hydrogen) atoms. The van der Waals surface area contributed by atoms with Crippen LogP contribution in [0.25, 0.3) is 20.8 Å². The molecule has 1 fully saturated rings. The van der Waals surface area contributed by atoms with Gasteiger partial charge < -0.3 is 31.1 Å². The van der Waals surface area contributed by atoms with Crippen LogP contribution in [0.1, 0.15) is 12.1 Å². The molecular formula is C20H23N5O5S. The van der Waals surface area contributed by atoms with Gasteiger partial charge in [0.1, 0.15) is 23.5 Å². The Morgan fingerprint density at radius 3 is 2.65 bits per heavy atom. The lowest BCUT2D eigenvalue weighted by Gasteiger charge is -2.21. The Morgan fingerprint density at radius 1 is 1.19 bits per heavy atom. The van der Waals surface area contributed by atoms with Gasteiger partial charge in [-0.15, -0.1) is 11.3 Å². The number of carbonyl (C=O) groups is 1. The van der Waals surface area contributed by atoms with E-state index in [1.54, 1.807) is 6.92 Å². The Kier molecular flexibility index (Phi) is 6.01. The summed E-state index contributed by atoms with van der Waals surface area (Å²) >= 11 is 1.47. The SMILES string of the molecule is Cc1nc(NCC(=O)O)nc(N[C@@H]2C[C@H](CO)[C@@H](O)[C@H]2O)c1-c1nc2ccccc2s1. The van der Waals surface area contributed by atoms with E-state index in [0.29, 0.717) is 28.5 Å². The summed E-state index contributed by atoms with van der Waals surface area (Å²) in [5.74, 6) is -1.01. The summed E-state index contributed by atoms with van der Waals surface area (Å²) in [4.78, 5) is 24.4. The largest absolute Gasteiger partial charge is 0.480 e. The van der Waals surface area contributed by atoms with E-state index in [0.717, 1.165) is 10.2 Å². The third kappa shape index (κ3) is 4.30. The van der Waals surface area contributed by atoms with Gasteiger partial charge in [-0.05, 0) is 25.5 Å². The van der Waals surface area contributed by atoms with Crippen LogP contribution >= 0.6 is 11.3 Å². The van der Waals surface area contributed by atoms with Crippen LogP contribution in [0.2, 0.25) is 0 Å². The lowest BCUT2D eigenvalue weighted by Crippen LogP contribution is -2.35. The Bertz CT molecular complexity index is 1070. The van der Waals surface area contributed by atoms with Gasteiger partial charge in [0.15, 0.2) is 0 Å². The third-order valence-electron chi connectivity index (χ3n) is 5.35. The fourth-order valence-electron chi connectivity index (χ4n) is 3.77. The number of anilines is 2. The predicted molar refractivity (Wildman–Crippen MR) is 116 cm³/mol. The Balaban J connectivity index is 1.75. The number of carboxylic acid groups (broad SMARTS) is 1. The molecule has 1 aliphatic rings. The van der Waals surface area contributed by atoms with Crippen molar-refractivity contribution in [2.45, 2.75) is 31.6 Å². The van der Waals surface area contributed by atoms with E-state index in [-0.39, 0.29) is 19.1 Å². The molecule has 164 valence electrons. The van der Waals surface area contributed by atoms with Gasteiger partial charge in [0, 0.05) is 12.5 Å². The molecule has 1 aromatic carbocycles. The topological polar surface area (TPSA) is 161 Å². The van der Waals surface area contributed by atoms with Crippen LogP contribution in [0.15, 0.2) is 24.3 Å². The van der Waals surface area contributed by atoms with Gasteiger partial charge in [0.05, 0.1) is 33.6 Å². The molecule has 0 unspecified atom stereocenters. The fraction of sp³-hybridized carbons (Fsp3) is 0.400. The lowest BCUT2D eigenvalue weighted by atomic mass is 10.1. The maximum Gasteiger partial charge on any atom is 0.322 e. The molecule has 2 heterocycles. The lowest BCUT2D eigenvalue weighted by molar-refractivity contribution is -0.134. The number of nitrogens with one attached hydrogen (secondary N) is 2. The van der Waals surface area contributed by atoms with Crippen molar-refractivity contribution in [2.75, 3.05) is 23.8 Å². The fourth-order valence-corrected chi connectivity index (χ4v) is 4.83. The molecule has 4 rings (SSSR count). The maximum atomic E-state index is 10.9. The van der Waals surface area contributed by atoms with E-state index in [2.05, 4.69) is 25.6 Å².